The van der Waals surface area contributed by atoms with Crippen LogP contribution in [0.4, 0.5) is 8.78 Å². The lowest BCUT2D eigenvalue weighted by molar-refractivity contribution is -0.157. The zero-order valence-electron chi connectivity index (χ0n) is 23.8. The molecule has 2 fully saturated rings. The maximum absolute atomic E-state index is 14.1. The molecule has 3 rings (SSSR count). The minimum atomic E-state index is -1.52. The number of alkyl halides is 2. The molecule has 1 aromatic rings. The Morgan fingerprint density at radius 1 is 0.769 bits per heavy atom. The maximum Gasteiger partial charge on any atom is 0.340 e. The van der Waals surface area contributed by atoms with Gasteiger partial charge in [-0.25, -0.2) is 18.4 Å². The zero-order valence-corrected chi connectivity index (χ0v) is 24.5. The summed E-state index contributed by atoms with van der Waals surface area (Å²) in [7, 11) is 0. The SMILES string of the molecule is CCCCCC(F)C(=O)OC1CCC(c2ccc(C3CCC(OC(=O)C(F)CCCCC)CC3)c(Cl)c2)CC1. The average molecular weight is 569 g/mol. The molecular formula is C32H47ClF2O4. The Labute approximate surface area is 238 Å². The molecule has 4 nitrogen and oxygen atoms in total. The lowest BCUT2D eigenvalue weighted by Gasteiger charge is -2.31. The fraction of sp³-hybridized carbons (Fsp3) is 0.750. The Bertz CT molecular complexity index is 894. The molecule has 2 saturated carbocycles. The fourth-order valence-electron chi connectivity index (χ4n) is 5.99. The molecular weight excluding hydrogens is 522 g/mol. The predicted octanol–water partition coefficient (Wildman–Crippen LogP) is 9.32. The molecule has 0 spiro atoms. The summed E-state index contributed by atoms with van der Waals surface area (Å²) in [5.74, 6) is -0.771. The fourth-order valence-corrected chi connectivity index (χ4v) is 6.34. The van der Waals surface area contributed by atoms with Crippen LogP contribution in [-0.4, -0.2) is 36.5 Å². The Balaban J connectivity index is 1.42. The molecule has 0 radical (unpaired) electrons. The van der Waals surface area contributed by atoms with Crippen LogP contribution < -0.4 is 0 Å². The van der Waals surface area contributed by atoms with Crippen molar-refractivity contribution in [3.63, 3.8) is 0 Å². The highest BCUT2D eigenvalue weighted by atomic mass is 35.5. The highest BCUT2D eigenvalue weighted by molar-refractivity contribution is 6.31. The van der Waals surface area contributed by atoms with Crippen molar-refractivity contribution in [1.82, 2.24) is 0 Å². The van der Waals surface area contributed by atoms with Crippen LogP contribution in [0.1, 0.15) is 140 Å². The van der Waals surface area contributed by atoms with Gasteiger partial charge >= 0.3 is 11.9 Å². The molecule has 0 aromatic heterocycles. The number of esters is 2. The largest absolute Gasteiger partial charge is 0.460 e. The topological polar surface area (TPSA) is 52.6 Å². The van der Waals surface area contributed by atoms with E-state index in [4.69, 9.17) is 21.1 Å². The number of hydrogen-bond acceptors (Lipinski definition) is 4. The average Bonchev–Trinajstić information content (AvgIpc) is 2.94. The van der Waals surface area contributed by atoms with E-state index in [1.165, 1.54) is 5.56 Å². The van der Waals surface area contributed by atoms with Crippen LogP contribution in [0.3, 0.4) is 0 Å². The maximum atomic E-state index is 14.1. The van der Waals surface area contributed by atoms with E-state index in [0.29, 0.717) is 24.7 Å². The minimum Gasteiger partial charge on any atom is -0.460 e. The van der Waals surface area contributed by atoms with Crippen LogP contribution in [0.2, 0.25) is 5.02 Å². The monoisotopic (exact) mass is 568 g/mol. The van der Waals surface area contributed by atoms with Crippen molar-refractivity contribution in [3.05, 3.63) is 34.3 Å². The summed E-state index contributed by atoms with van der Waals surface area (Å²) in [5, 5.41) is 0.758. The summed E-state index contributed by atoms with van der Waals surface area (Å²) >= 11 is 6.74. The van der Waals surface area contributed by atoms with E-state index >= 15 is 0 Å². The summed E-state index contributed by atoms with van der Waals surface area (Å²) in [4.78, 5) is 24.2. The summed E-state index contributed by atoms with van der Waals surface area (Å²) in [5.41, 5.74) is 2.31. The Morgan fingerprint density at radius 3 is 1.67 bits per heavy atom. The third-order valence-corrected chi connectivity index (χ3v) is 8.81. The molecule has 1 aromatic carbocycles. The van der Waals surface area contributed by atoms with E-state index < -0.39 is 24.3 Å². The van der Waals surface area contributed by atoms with Gasteiger partial charge < -0.3 is 9.47 Å². The van der Waals surface area contributed by atoms with Crippen LogP contribution in [0, 0.1) is 0 Å². The number of unbranched alkanes of at least 4 members (excludes halogenated alkanes) is 4. The van der Waals surface area contributed by atoms with Crippen molar-refractivity contribution >= 4 is 23.5 Å². The highest BCUT2D eigenvalue weighted by Crippen LogP contribution is 2.41. The number of hydrogen-bond donors (Lipinski definition) is 0. The molecule has 0 aliphatic heterocycles. The first-order valence-corrected chi connectivity index (χ1v) is 15.7. The van der Waals surface area contributed by atoms with Crippen LogP contribution in [0.15, 0.2) is 18.2 Å². The smallest absolute Gasteiger partial charge is 0.340 e. The quantitative estimate of drug-likeness (QED) is 0.166. The molecule has 7 heteroatoms. The zero-order chi connectivity index (χ0) is 28.2. The summed E-state index contributed by atoms with van der Waals surface area (Å²) in [6, 6.07) is 6.34. The van der Waals surface area contributed by atoms with Crippen LogP contribution >= 0.6 is 11.6 Å². The molecule has 2 unspecified atom stereocenters. The predicted molar refractivity (Wildman–Crippen MR) is 152 cm³/mol. The summed E-state index contributed by atoms with van der Waals surface area (Å²) < 4.78 is 39.1. The number of carbonyl (C=O) groups excluding carboxylic acids is 2. The second-order valence-corrected chi connectivity index (χ2v) is 11.9. The molecule has 220 valence electrons. The highest BCUT2D eigenvalue weighted by Gasteiger charge is 2.30. The standard InChI is InChI=1S/C32H47ClF2O4/c1-3-5-7-9-29(34)31(36)38-25-16-11-22(12-17-25)24-15-20-27(28(33)21-24)23-13-18-26(19-14-23)39-32(37)30(35)10-8-6-4-2/h15,20-23,25-26,29-30H,3-14,16-19H2,1-2H3. The Hall–Kier alpha value is -1.69. The molecule has 0 amide bonds. The number of carbonyl (C=O) groups is 2. The first-order chi connectivity index (χ1) is 18.8. The lowest BCUT2D eigenvalue weighted by atomic mass is 9.80. The lowest BCUT2D eigenvalue weighted by Crippen LogP contribution is -2.28. The van der Waals surface area contributed by atoms with E-state index in [1.54, 1.807) is 0 Å². The van der Waals surface area contributed by atoms with Gasteiger partial charge in [-0.3, -0.25) is 0 Å². The van der Waals surface area contributed by atoms with Gasteiger partial charge in [-0.05, 0) is 106 Å². The Kier molecular flexibility index (Phi) is 13.5. The van der Waals surface area contributed by atoms with Gasteiger partial charge in [0, 0.05) is 5.02 Å². The molecule has 0 saturated heterocycles. The van der Waals surface area contributed by atoms with E-state index in [9.17, 15) is 18.4 Å². The van der Waals surface area contributed by atoms with Crippen molar-refractivity contribution in [2.24, 2.45) is 0 Å². The van der Waals surface area contributed by atoms with E-state index in [1.807, 2.05) is 0 Å². The van der Waals surface area contributed by atoms with Gasteiger partial charge in [0.15, 0.2) is 12.3 Å². The minimum absolute atomic E-state index is 0.207. The molecule has 0 heterocycles. The first-order valence-electron chi connectivity index (χ1n) is 15.3. The van der Waals surface area contributed by atoms with Crippen LogP contribution in [-0.2, 0) is 19.1 Å². The first kappa shape index (κ1) is 31.8. The van der Waals surface area contributed by atoms with Crippen molar-refractivity contribution in [2.75, 3.05) is 0 Å². The van der Waals surface area contributed by atoms with Gasteiger partial charge in [-0.15, -0.1) is 0 Å². The molecule has 0 bridgehead atoms. The normalized spacial score (nSPS) is 25.1. The molecule has 0 N–H and O–H groups in total. The second kappa shape index (κ2) is 16.5. The van der Waals surface area contributed by atoms with Gasteiger partial charge in [0.2, 0.25) is 0 Å². The van der Waals surface area contributed by atoms with Crippen molar-refractivity contribution in [3.8, 4) is 0 Å². The van der Waals surface area contributed by atoms with Gasteiger partial charge in [-0.1, -0.05) is 63.3 Å². The van der Waals surface area contributed by atoms with E-state index in [-0.39, 0.29) is 25.0 Å². The molecule has 39 heavy (non-hydrogen) atoms. The van der Waals surface area contributed by atoms with Crippen molar-refractivity contribution in [1.29, 1.82) is 0 Å². The molecule has 2 aliphatic rings. The third kappa shape index (κ3) is 10.0. The van der Waals surface area contributed by atoms with Gasteiger partial charge in [0.1, 0.15) is 12.2 Å². The Morgan fingerprint density at radius 2 is 1.23 bits per heavy atom. The van der Waals surface area contributed by atoms with Gasteiger partial charge in [0.05, 0.1) is 0 Å². The number of benzene rings is 1. The van der Waals surface area contributed by atoms with Crippen LogP contribution in [0.25, 0.3) is 0 Å². The number of halogens is 3. The van der Waals surface area contributed by atoms with E-state index in [2.05, 4.69) is 32.0 Å². The summed E-state index contributed by atoms with van der Waals surface area (Å²) in [6.45, 7) is 4.10. The van der Waals surface area contributed by atoms with Crippen LogP contribution in [0.5, 0.6) is 0 Å². The number of ether oxygens (including phenoxy) is 2. The third-order valence-electron chi connectivity index (χ3n) is 8.48. The van der Waals surface area contributed by atoms with Crippen molar-refractivity contribution < 1.29 is 27.8 Å². The molecule has 2 atom stereocenters. The summed E-state index contributed by atoms with van der Waals surface area (Å²) in [6.07, 6.45) is 8.68. The number of rotatable bonds is 14. The van der Waals surface area contributed by atoms with Crippen molar-refractivity contribution in [2.45, 2.75) is 153 Å². The molecule has 2 aliphatic carbocycles. The van der Waals surface area contributed by atoms with E-state index in [0.717, 1.165) is 87.6 Å². The van der Waals surface area contributed by atoms with Gasteiger partial charge in [-0.2, -0.15) is 0 Å². The van der Waals surface area contributed by atoms with Gasteiger partial charge in [0.25, 0.3) is 0 Å². The second-order valence-electron chi connectivity index (χ2n) is 11.5.